The van der Waals surface area contributed by atoms with Crippen molar-refractivity contribution in [3.63, 3.8) is 0 Å². The molecule has 0 bridgehead atoms. The molecule has 2 heterocycles. The van der Waals surface area contributed by atoms with Gasteiger partial charge in [0, 0.05) is 6.20 Å². The van der Waals surface area contributed by atoms with Crippen molar-refractivity contribution in [2.45, 2.75) is 4.90 Å². The number of furan rings is 1. The number of nitrogens with one attached hydrogen (secondary N) is 1. The van der Waals surface area contributed by atoms with Gasteiger partial charge in [-0.3, -0.25) is 4.57 Å². The minimum Gasteiger partial charge on any atom is -0.768 e. The predicted molar refractivity (Wildman–Crippen MR) is 71.4 cm³/mol. The van der Waals surface area contributed by atoms with Gasteiger partial charge in [-0.25, -0.2) is 18.1 Å². The van der Waals surface area contributed by atoms with Crippen molar-refractivity contribution in [2.24, 2.45) is 0 Å². The van der Waals surface area contributed by atoms with Gasteiger partial charge in [0.25, 0.3) is 0 Å². The Bertz CT molecular complexity index is 769. The normalized spacial score (nSPS) is 13.9. The summed E-state index contributed by atoms with van der Waals surface area (Å²) < 4.78 is 46.4. The summed E-state index contributed by atoms with van der Waals surface area (Å²) >= 11 is 5.65. The van der Waals surface area contributed by atoms with Crippen molar-refractivity contribution in [3.05, 3.63) is 42.1 Å². The first-order chi connectivity index (χ1) is 9.80. The van der Waals surface area contributed by atoms with Gasteiger partial charge in [-0.2, -0.15) is 0 Å². The number of halogens is 1. The van der Waals surface area contributed by atoms with E-state index in [2.05, 4.69) is 9.40 Å². The summed E-state index contributed by atoms with van der Waals surface area (Å²) in [6, 6.07) is 3.90. The molecule has 0 aliphatic carbocycles. The van der Waals surface area contributed by atoms with Crippen molar-refractivity contribution in [1.82, 2.24) is 9.71 Å². The maximum absolute atomic E-state index is 11.7. The van der Waals surface area contributed by atoms with E-state index < -0.39 is 23.9 Å². The molecule has 0 aliphatic heterocycles. The molecule has 1 atom stereocenters. The number of aromatic nitrogens is 1. The minimum absolute atomic E-state index is 0. The fourth-order valence-electron chi connectivity index (χ4n) is 1.27. The molecule has 114 valence electrons. The topological polar surface area (TPSA) is 122 Å². The van der Waals surface area contributed by atoms with Crippen LogP contribution in [0.2, 0.25) is 5.15 Å². The molecule has 1 unspecified atom stereocenters. The number of pyridine rings is 1. The molecule has 8 nitrogen and oxygen atoms in total. The first kappa shape index (κ1) is 19.7. The Labute approximate surface area is 153 Å². The standard InChI is InChI=1S/C10H10ClN2O6PS.Na/c11-10-9(2-1-4-12-10)19-20(14,15)7-13-21(16,17)8-3-5-18-6-8;/h1-6,13H,7H2,(H,14,15);/q;+1/p-1. The Hall–Kier alpha value is -0.380. The van der Waals surface area contributed by atoms with E-state index in [9.17, 15) is 17.9 Å². The second-order valence-corrected chi connectivity index (χ2v) is 7.61. The molecule has 22 heavy (non-hydrogen) atoms. The number of hydrogen-bond donors (Lipinski definition) is 1. The molecule has 2 aromatic heterocycles. The first-order valence-electron chi connectivity index (χ1n) is 5.42. The number of hydrogen-bond acceptors (Lipinski definition) is 7. The largest absolute Gasteiger partial charge is 1.00 e. The van der Waals surface area contributed by atoms with Crippen LogP contribution in [0.15, 0.2) is 46.2 Å². The summed E-state index contributed by atoms with van der Waals surface area (Å²) in [5, 5.41) is -0.147. The van der Waals surface area contributed by atoms with Crippen LogP contribution in [0.5, 0.6) is 5.75 Å². The van der Waals surface area contributed by atoms with E-state index in [4.69, 9.17) is 16.1 Å². The van der Waals surface area contributed by atoms with Crippen LogP contribution >= 0.6 is 19.2 Å². The molecule has 2 rings (SSSR count). The quantitative estimate of drug-likeness (QED) is 0.359. The SMILES string of the molecule is O=P([O-])(CNS(=O)(=O)c1ccoc1)Oc1cccnc1Cl.[Na+]. The molecule has 0 amide bonds. The fourth-order valence-corrected chi connectivity index (χ4v) is 3.89. The molecular weight excluding hydrogens is 366 g/mol. The number of nitrogens with zero attached hydrogens (tertiary/aromatic N) is 1. The molecule has 0 aliphatic rings. The monoisotopic (exact) mass is 374 g/mol. The third-order valence-corrected chi connectivity index (χ3v) is 5.11. The molecule has 0 radical (unpaired) electrons. The van der Waals surface area contributed by atoms with Gasteiger partial charge in [-0.1, -0.05) is 11.6 Å². The van der Waals surface area contributed by atoms with Gasteiger partial charge in [0.05, 0.1) is 12.5 Å². The maximum Gasteiger partial charge on any atom is 1.00 e. The smallest absolute Gasteiger partial charge is 0.768 e. The summed E-state index contributed by atoms with van der Waals surface area (Å²) in [5.74, 6) is -0.181. The Morgan fingerprint density at radius 1 is 1.45 bits per heavy atom. The number of rotatable bonds is 6. The number of sulfonamides is 1. The molecule has 2 aromatic rings. The summed E-state index contributed by atoms with van der Waals surface area (Å²) in [6.45, 7) is 0. The van der Waals surface area contributed by atoms with E-state index in [1.54, 1.807) is 0 Å². The summed E-state index contributed by atoms with van der Waals surface area (Å²) in [7, 11) is -8.53. The van der Waals surface area contributed by atoms with E-state index in [1.807, 2.05) is 4.72 Å². The van der Waals surface area contributed by atoms with Crippen molar-refractivity contribution in [1.29, 1.82) is 0 Å². The second kappa shape index (κ2) is 7.94. The van der Waals surface area contributed by atoms with Gasteiger partial charge < -0.3 is 13.8 Å². The Kier molecular flexibility index (Phi) is 7.10. The van der Waals surface area contributed by atoms with E-state index in [1.165, 1.54) is 24.4 Å². The summed E-state index contributed by atoms with van der Waals surface area (Å²) in [6.07, 6.45) is 2.53. The maximum atomic E-state index is 11.7. The molecule has 1 N–H and O–H groups in total. The van der Waals surface area contributed by atoms with E-state index in [0.29, 0.717) is 0 Å². The molecule has 0 saturated heterocycles. The zero-order valence-corrected chi connectivity index (χ0v) is 15.8. The van der Waals surface area contributed by atoms with Crippen LogP contribution in [0.3, 0.4) is 0 Å². The average molecular weight is 375 g/mol. The van der Waals surface area contributed by atoms with Gasteiger partial charge >= 0.3 is 29.6 Å². The van der Waals surface area contributed by atoms with Crippen LogP contribution in [0.1, 0.15) is 0 Å². The Morgan fingerprint density at radius 2 is 2.18 bits per heavy atom. The molecule has 12 heteroatoms. The molecule has 0 fully saturated rings. The Balaban J connectivity index is 0.00000242. The van der Waals surface area contributed by atoms with Crippen LogP contribution in [0.4, 0.5) is 0 Å². The zero-order valence-electron chi connectivity index (χ0n) is 11.3. The zero-order chi connectivity index (χ0) is 15.5. The third kappa shape index (κ3) is 5.36. The van der Waals surface area contributed by atoms with Crippen molar-refractivity contribution < 1.29 is 56.4 Å². The Morgan fingerprint density at radius 3 is 2.77 bits per heavy atom. The minimum atomic E-state index is -4.53. The van der Waals surface area contributed by atoms with Crippen molar-refractivity contribution in [3.8, 4) is 5.75 Å². The van der Waals surface area contributed by atoms with Crippen LogP contribution < -0.4 is 43.7 Å². The van der Waals surface area contributed by atoms with Gasteiger partial charge in [0.1, 0.15) is 11.2 Å². The van der Waals surface area contributed by atoms with E-state index >= 15 is 0 Å². The van der Waals surface area contributed by atoms with Crippen LogP contribution in [0.25, 0.3) is 0 Å². The first-order valence-corrected chi connectivity index (χ1v) is 9.01. The van der Waals surface area contributed by atoms with Gasteiger partial charge in [0.2, 0.25) is 10.0 Å². The molecule has 0 spiro atoms. The average Bonchev–Trinajstić information content (AvgIpc) is 2.94. The summed E-state index contributed by atoms with van der Waals surface area (Å²) in [4.78, 5) is 15.2. The predicted octanol–water partition coefficient (Wildman–Crippen LogP) is -1.80. The van der Waals surface area contributed by atoms with Crippen LogP contribution in [-0.4, -0.2) is 19.7 Å². The van der Waals surface area contributed by atoms with Gasteiger partial charge in [-0.15, -0.1) is 0 Å². The second-order valence-electron chi connectivity index (χ2n) is 3.76. The van der Waals surface area contributed by atoms with Crippen LogP contribution in [0, 0.1) is 0 Å². The van der Waals surface area contributed by atoms with Crippen LogP contribution in [-0.2, 0) is 14.6 Å². The molecule has 0 aromatic carbocycles. The fraction of sp³-hybridized carbons (Fsp3) is 0.100. The van der Waals surface area contributed by atoms with Crippen molar-refractivity contribution >= 4 is 29.2 Å². The van der Waals surface area contributed by atoms with Crippen molar-refractivity contribution in [2.75, 3.05) is 6.29 Å². The van der Waals surface area contributed by atoms with E-state index in [-0.39, 0.29) is 45.4 Å². The summed E-state index contributed by atoms with van der Waals surface area (Å²) in [5.41, 5.74) is 0. The molecular formula is C10H9ClN2NaO6PS. The van der Waals surface area contributed by atoms with Gasteiger partial charge in [0.15, 0.2) is 18.5 Å². The van der Waals surface area contributed by atoms with E-state index in [0.717, 1.165) is 12.5 Å². The third-order valence-electron chi connectivity index (χ3n) is 2.22. The molecule has 0 saturated carbocycles. The van der Waals surface area contributed by atoms with Gasteiger partial charge in [-0.05, 0) is 18.2 Å².